The maximum absolute atomic E-state index is 11.7. The normalized spacial score (nSPS) is 22.8. The molecule has 76 valence electrons. The van der Waals surface area contributed by atoms with Gasteiger partial charge < -0.3 is 15.0 Å². The summed E-state index contributed by atoms with van der Waals surface area (Å²) in [6, 6.07) is -0.134. The Morgan fingerprint density at radius 3 is 3.00 bits per heavy atom. The molecule has 0 saturated carbocycles. The first kappa shape index (κ1) is 10.5. The molecular weight excluding hydrogens is 168 g/mol. The van der Waals surface area contributed by atoms with Gasteiger partial charge in [0, 0.05) is 20.1 Å². The molecule has 0 radical (unpaired) electrons. The van der Waals surface area contributed by atoms with Crippen LogP contribution in [0, 0.1) is 0 Å². The average molecular weight is 186 g/mol. The molecule has 0 bridgehead atoms. The van der Waals surface area contributed by atoms with E-state index in [0.29, 0.717) is 13.2 Å². The fourth-order valence-corrected chi connectivity index (χ4v) is 1.44. The number of likely N-dealkylation sites (N-methyl/N-ethyl adjacent to an activating group) is 1. The van der Waals surface area contributed by atoms with Gasteiger partial charge in [-0.05, 0) is 6.42 Å². The summed E-state index contributed by atoms with van der Waals surface area (Å²) >= 11 is 0. The predicted octanol–water partition coefficient (Wildman–Crippen LogP) is -0.157. The second kappa shape index (κ2) is 5.19. The Bertz CT molecular complexity index is 167. The lowest BCUT2D eigenvalue weighted by molar-refractivity contribution is -0.135. The van der Waals surface area contributed by atoms with Crippen molar-refractivity contribution >= 4 is 5.91 Å². The standard InChI is InChI=1S/C9H18N2O2/c1-3-5-11(2)9(12)8-7-13-6-4-10-8/h8,10H,3-7H2,1-2H3. The summed E-state index contributed by atoms with van der Waals surface area (Å²) in [6.45, 7) is 4.87. The molecule has 1 rings (SSSR count). The Hall–Kier alpha value is -0.610. The SMILES string of the molecule is CCCN(C)C(=O)C1COCCN1. The van der Waals surface area contributed by atoms with Crippen LogP contribution in [0.4, 0.5) is 0 Å². The Morgan fingerprint density at radius 2 is 2.46 bits per heavy atom. The number of morpholine rings is 1. The molecule has 1 aliphatic rings. The number of nitrogens with zero attached hydrogens (tertiary/aromatic N) is 1. The van der Waals surface area contributed by atoms with Crippen molar-refractivity contribution in [2.24, 2.45) is 0 Å². The van der Waals surface area contributed by atoms with E-state index >= 15 is 0 Å². The van der Waals surface area contributed by atoms with Crippen LogP contribution in [0.1, 0.15) is 13.3 Å². The minimum Gasteiger partial charge on any atom is -0.378 e. The molecule has 1 saturated heterocycles. The Balaban J connectivity index is 2.36. The van der Waals surface area contributed by atoms with E-state index in [0.717, 1.165) is 19.5 Å². The highest BCUT2D eigenvalue weighted by atomic mass is 16.5. The lowest BCUT2D eigenvalue weighted by Crippen LogP contribution is -2.51. The molecule has 13 heavy (non-hydrogen) atoms. The number of carbonyl (C=O) groups excluding carboxylic acids is 1. The third-order valence-electron chi connectivity index (χ3n) is 2.15. The van der Waals surface area contributed by atoms with Gasteiger partial charge >= 0.3 is 0 Å². The van der Waals surface area contributed by atoms with Gasteiger partial charge in [-0.1, -0.05) is 6.92 Å². The van der Waals surface area contributed by atoms with Crippen LogP contribution in [0.3, 0.4) is 0 Å². The summed E-state index contributed by atoms with van der Waals surface area (Å²) in [6.07, 6.45) is 0.996. The first-order chi connectivity index (χ1) is 6.25. The highest BCUT2D eigenvalue weighted by Crippen LogP contribution is 1.98. The number of hydrogen-bond donors (Lipinski definition) is 1. The van der Waals surface area contributed by atoms with E-state index in [4.69, 9.17) is 4.74 Å². The lowest BCUT2D eigenvalue weighted by atomic mass is 10.2. The van der Waals surface area contributed by atoms with E-state index in [9.17, 15) is 4.79 Å². The number of rotatable bonds is 3. The van der Waals surface area contributed by atoms with E-state index in [1.54, 1.807) is 4.90 Å². The smallest absolute Gasteiger partial charge is 0.241 e. The number of amides is 1. The van der Waals surface area contributed by atoms with Gasteiger partial charge in [0.1, 0.15) is 6.04 Å². The number of carbonyl (C=O) groups is 1. The maximum Gasteiger partial charge on any atom is 0.241 e. The average Bonchev–Trinajstić information content (AvgIpc) is 2.18. The van der Waals surface area contributed by atoms with Gasteiger partial charge in [-0.3, -0.25) is 4.79 Å². The Labute approximate surface area is 79.2 Å². The summed E-state index contributed by atoms with van der Waals surface area (Å²) in [7, 11) is 1.84. The summed E-state index contributed by atoms with van der Waals surface area (Å²) in [5, 5.41) is 3.14. The molecule has 0 aromatic heterocycles. The van der Waals surface area contributed by atoms with Gasteiger partial charge in [0.25, 0.3) is 0 Å². The molecule has 4 nitrogen and oxygen atoms in total. The zero-order valence-electron chi connectivity index (χ0n) is 8.38. The van der Waals surface area contributed by atoms with Gasteiger partial charge in [-0.15, -0.1) is 0 Å². The van der Waals surface area contributed by atoms with E-state index in [1.165, 1.54) is 0 Å². The Kier molecular flexibility index (Phi) is 4.18. The fraction of sp³-hybridized carbons (Fsp3) is 0.889. The summed E-state index contributed by atoms with van der Waals surface area (Å²) in [5.41, 5.74) is 0. The van der Waals surface area contributed by atoms with Crippen molar-refractivity contribution in [2.45, 2.75) is 19.4 Å². The van der Waals surface area contributed by atoms with E-state index in [1.807, 2.05) is 7.05 Å². The predicted molar refractivity (Wildman–Crippen MR) is 50.5 cm³/mol. The zero-order valence-corrected chi connectivity index (χ0v) is 8.38. The largest absolute Gasteiger partial charge is 0.378 e. The molecule has 1 amide bonds. The molecule has 1 unspecified atom stereocenters. The third kappa shape index (κ3) is 2.97. The van der Waals surface area contributed by atoms with Crippen molar-refractivity contribution in [3.8, 4) is 0 Å². The number of ether oxygens (including phenoxy) is 1. The second-order valence-electron chi connectivity index (χ2n) is 3.34. The molecule has 1 N–H and O–H groups in total. The van der Waals surface area contributed by atoms with Crippen molar-refractivity contribution in [2.75, 3.05) is 33.4 Å². The van der Waals surface area contributed by atoms with Gasteiger partial charge in [0.05, 0.1) is 13.2 Å². The third-order valence-corrected chi connectivity index (χ3v) is 2.15. The molecule has 1 heterocycles. The fourth-order valence-electron chi connectivity index (χ4n) is 1.44. The molecule has 0 spiro atoms. The monoisotopic (exact) mass is 186 g/mol. The van der Waals surface area contributed by atoms with Crippen LogP contribution in [0.25, 0.3) is 0 Å². The van der Waals surface area contributed by atoms with Crippen molar-refractivity contribution in [3.05, 3.63) is 0 Å². The van der Waals surface area contributed by atoms with Crippen LogP contribution < -0.4 is 5.32 Å². The van der Waals surface area contributed by atoms with E-state index in [2.05, 4.69) is 12.2 Å². The van der Waals surface area contributed by atoms with Crippen molar-refractivity contribution in [1.29, 1.82) is 0 Å². The minimum atomic E-state index is -0.134. The first-order valence-corrected chi connectivity index (χ1v) is 4.81. The lowest BCUT2D eigenvalue weighted by Gasteiger charge is -2.27. The van der Waals surface area contributed by atoms with Crippen LogP contribution in [0.5, 0.6) is 0 Å². The van der Waals surface area contributed by atoms with Gasteiger partial charge in [-0.2, -0.15) is 0 Å². The van der Waals surface area contributed by atoms with Crippen LogP contribution in [0.15, 0.2) is 0 Å². The molecule has 4 heteroatoms. The van der Waals surface area contributed by atoms with E-state index in [-0.39, 0.29) is 11.9 Å². The summed E-state index contributed by atoms with van der Waals surface area (Å²) in [4.78, 5) is 13.4. The summed E-state index contributed by atoms with van der Waals surface area (Å²) in [5.74, 6) is 0.140. The van der Waals surface area contributed by atoms with Crippen LogP contribution in [-0.2, 0) is 9.53 Å². The van der Waals surface area contributed by atoms with Crippen LogP contribution in [0.2, 0.25) is 0 Å². The van der Waals surface area contributed by atoms with Gasteiger partial charge in [-0.25, -0.2) is 0 Å². The minimum absolute atomic E-state index is 0.134. The Morgan fingerprint density at radius 1 is 1.69 bits per heavy atom. The number of hydrogen-bond acceptors (Lipinski definition) is 3. The van der Waals surface area contributed by atoms with Gasteiger partial charge in [0.15, 0.2) is 0 Å². The van der Waals surface area contributed by atoms with Crippen LogP contribution in [-0.4, -0.2) is 50.2 Å². The molecule has 1 aliphatic heterocycles. The molecule has 0 aromatic carbocycles. The molecular formula is C9H18N2O2. The molecule has 1 fully saturated rings. The highest BCUT2D eigenvalue weighted by Gasteiger charge is 2.23. The van der Waals surface area contributed by atoms with Crippen molar-refractivity contribution < 1.29 is 9.53 Å². The molecule has 0 aliphatic carbocycles. The van der Waals surface area contributed by atoms with Crippen LogP contribution >= 0.6 is 0 Å². The first-order valence-electron chi connectivity index (χ1n) is 4.81. The quantitative estimate of drug-likeness (QED) is 0.666. The summed E-state index contributed by atoms with van der Waals surface area (Å²) < 4.78 is 5.22. The molecule has 1 atom stereocenters. The zero-order chi connectivity index (χ0) is 9.68. The van der Waals surface area contributed by atoms with Gasteiger partial charge in [0.2, 0.25) is 5.91 Å². The topological polar surface area (TPSA) is 41.6 Å². The highest BCUT2D eigenvalue weighted by molar-refractivity contribution is 5.81. The van der Waals surface area contributed by atoms with Crippen molar-refractivity contribution in [3.63, 3.8) is 0 Å². The number of nitrogens with one attached hydrogen (secondary N) is 1. The maximum atomic E-state index is 11.7. The van der Waals surface area contributed by atoms with Crippen molar-refractivity contribution in [1.82, 2.24) is 10.2 Å². The second-order valence-corrected chi connectivity index (χ2v) is 3.34. The van der Waals surface area contributed by atoms with E-state index < -0.39 is 0 Å². The molecule has 0 aromatic rings.